The molecule has 4 rings (SSSR count). The number of alkyl halides is 3. The molecule has 8 nitrogen and oxygen atoms in total. The summed E-state index contributed by atoms with van der Waals surface area (Å²) in [5.74, 6) is -1.31. The van der Waals surface area contributed by atoms with Crippen molar-refractivity contribution in [2.45, 2.75) is 45.6 Å². The number of hydrogen-bond acceptors (Lipinski definition) is 4. The molecular weight excluding hydrogens is 487 g/mol. The zero-order chi connectivity index (χ0) is 26.9. The predicted molar refractivity (Wildman–Crippen MR) is 129 cm³/mol. The minimum absolute atomic E-state index is 0.0429. The van der Waals surface area contributed by atoms with Crippen LogP contribution in [-0.2, 0) is 22.3 Å². The minimum Gasteiger partial charge on any atom is -0.349 e. The molecule has 196 valence electrons. The van der Waals surface area contributed by atoms with Crippen molar-refractivity contribution in [3.05, 3.63) is 76.8 Å². The van der Waals surface area contributed by atoms with Crippen LogP contribution in [-0.4, -0.2) is 51.8 Å². The highest BCUT2D eigenvalue weighted by atomic mass is 19.4. The number of aromatic nitrogens is 1. The molecule has 0 saturated carbocycles. The average molecular weight is 516 g/mol. The van der Waals surface area contributed by atoms with E-state index in [0.717, 1.165) is 6.07 Å². The smallest absolute Gasteiger partial charge is 0.349 e. The molecule has 4 amide bonds. The molecule has 2 N–H and O–H groups in total. The first-order valence-corrected chi connectivity index (χ1v) is 12.0. The number of carbonyl (C=O) groups excluding carboxylic acids is 3. The fourth-order valence-electron chi connectivity index (χ4n) is 4.90. The lowest BCUT2D eigenvalue weighted by Gasteiger charge is -2.33. The van der Waals surface area contributed by atoms with Gasteiger partial charge in [0.1, 0.15) is 6.04 Å². The number of rotatable bonds is 7. The van der Waals surface area contributed by atoms with Gasteiger partial charge >= 0.3 is 12.2 Å². The maximum atomic E-state index is 13.8. The zero-order valence-electron chi connectivity index (χ0n) is 20.7. The summed E-state index contributed by atoms with van der Waals surface area (Å²) < 4.78 is 41.5. The van der Waals surface area contributed by atoms with E-state index in [1.165, 1.54) is 28.0 Å². The minimum atomic E-state index is -4.68. The van der Waals surface area contributed by atoms with E-state index in [1.807, 2.05) is 0 Å². The molecule has 2 atom stereocenters. The van der Waals surface area contributed by atoms with Crippen LogP contribution >= 0.6 is 0 Å². The number of benzene rings is 1. The molecule has 0 unspecified atom stereocenters. The number of hydrogen-bond donors (Lipinski definition) is 2. The summed E-state index contributed by atoms with van der Waals surface area (Å²) in [7, 11) is 0. The van der Waals surface area contributed by atoms with Crippen LogP contribution in [0.2, 0.25) is 0 Å². The molecule has 2 aromatic rings. The molecule has 1 aromatic carbocycles. The quantitative estimate of drug-likeness (QED) is 0.589. The van der Waals surface area contributed by atoms with E-state index in [2.05, 4.69) is 15.6 Å². The van der Waals surface area contributed by atoms with Gasteiger partial charge in [-0.1, -0.05) is 38.1 Å². The Labute approximate surface area is 212 Å². The van der Waals surface area contributed by atoms with Crippen LogP contribution < -0.4 is 10.6 Å². The van der Waals surface area contributed by atoms with Gasteiger partial charge in [-0.05, 0) is 36.6 Å². The normalized spacial score (nSPS) is 18.7. The second-order valence-electron chi connectivity index (χ2n) is 9.23. The van der Waals surface area contributed by atoms with Crippen molar-refractivity contribution in [3.63, 3.8) is 0 Å². The number of likely N-dealkylation sites (N-methyl/N-ethyl adjacent to an activating group) is 1. The first-order chi connectivity index (χ1) is 17.5. The van der Waals surface area contributed by atoms with Gasteiger partial charge in [-0.3, -0.25) is 19.5 Å². The number of pyridine rings is 1. The first kappa shape index (κ1) is 26.2. The van der Waals surface area contributed by atoms with Crippen LogP contribution in [0.5, 0.6) is 0 Å². The second-order valence-corrected chi connectivity index (χ2v) is 9.23. The lowest BCUT2D eigenvalue weighted by atomic mass is 9.91. The molecule has 3 heterocycles. The highest BCUT2D eigenvalue weighted by Gasteiger charge is 2.49. The Morgan fingerprint density at radius 1 is 1.16 bits per heavy atom. The van der Waals surface area contributed by atoms with E-state index >= 15 is 0 Å². The fourth-order valence-corrected chi connectivity index (χ4v) is 4.90. The third-order valence-corrected chi connectivity index (χ3v) is 6.55. The number of halogens is 3. The number of nitrogens with zero attached hydrogens (tertiary/aromatic N) is 3. The average Bonchev–Trinajstić information content (AvgIpc) is 3.18. The molecule has 37 heavy (non-hydrogen) atoms. The molecule has 2 aliphatic rings. The van der Waals surface area contributed by atoms with Gasteiger partial charge in [0.05, 0.1) is 41.7 Å². The fraction of sp³-hybridized carbons (Fsp3) is 0.385. The van der Waals surface area contributed by atoms with Crippen LogP contribution in [0.25, 0.3) is 0 Å². The topological polar surface area (TPSA) is 94.6 Å². The van der Waals surface area contributed by atoms with Crippen molar-refractivity contribution in [1.82, 2.24) is 25.4 Å². The molecule has 0 spiro atoms. The lowest BCUT2D eigenvalue weighted by molar-refractivity contribution is -0.139. The molecule has 1 aromatic heterocycles. The van der Waals surface area contributed by atoms with Gasteiger partial charge in [-0.2, -0.15) is 13.2 Å². The molecular formula is C26H28F3N5O3. The van der Waals surface area contributed by atoms with Crippen LogP contribution in [0.3, 0.4) is 0 Å². The third-order valence-electron chi connectivity index (χ3n) is 6.55. The molecule has 0 fully saturated rings. The first-order valence-electron chi connectivity index (χ1n) is 12.0. The van der Waals surface area contributed by atoms with Crippen molar-refractivity contribution in [2.75, 3.05) is 13.1 Å². The van der Waals surface area contributed by atoms with Crippen molar-refractivity contribution in [1.29, 1.82) is 0 Å². The summed E-state index contributed by atoms with van der Waals surface area (Å²) in [5.41, 5.74) is -0.165. The number of nitrogens with one attached hydrogen (secondary N) is 2. The third kappa shape index (κ3) is 5.03. The highest BCUT2D eigenvalue weighted by Crippen LogP contribution is 2.42. The Hall–Kier alpha value is -3.89. The van der Waals surface area contributed by atoms with E-state index in [9.17, 15) is 27.6 Å². The number of amides is 4. The Kier molecular flexibility index (Phi) is 7.24. The van der Waals surface area contributed by atoms with Crippen molar-refractivity contribution in [2.24, 2.45) is 5.92 Å². The summed E-state index contributed by atoms with van der Waals surface area (Å²) in [6.07, 6.45) is -3.08. The van der Waals surface area contributed by atoms with Gasteiger partial charge in [0.25, 0.3) is 5.91 Å². The van der Waals surface area contributed by atoms with Gasteiger partial charge in [0.15, 0.2) is 0 Å². The molecule has 0 bridgehead atoms. The molecule has 11 heteroatoms. The molecule has 0 saturated heterocycles. The van der Waals surface area contributed by atoms with Crippen molar-refractivity contribution in [3.8, 4) is 0 Å². The van der Waals surface area contributed by atoms with E-state index in [1.54, 1.807) is 45.2 Å². The lowest BCUT2D eigenvalue weighted by Crippen LogP contribution is -2.51. The Morgan fingerprint density at radius 3 is 2.49 bits per heavy atom. The highest BCUT2D eigenvalue weighted by molar-refractivity contribution is 6.03. The SMILES string of the molecule is CCN1C(=O)N[C@@H](c2ccccc2C(F)(F)F)C2=C1CN([C@@H](C(=O)NCc1ccccn1)C(C)C)C2=O. The Morgan fingerprint density at radius 2 is 1.86 bits per heavy atom. The monoisotopic (exact) mass is 515 g/mol. The number of urea groups is 1. The largest absolute Gasteiger partial charge is 0.416 e. The van der Waals surface area contributed by atoms with E-state index < -0.39 is 41.7 Å². The number of carbonyl (C=O) groups is 3. The summed E-state index contributed by atoms with van der Waals surface area (Å²) in [6, 6.07) is 7.37. The van der Waals surface area contributed by atoms with Crippen molar-refractivity contribution >= 4 is 17.8 Å². The predicted octanol–water partition coefficient (Wildman–Crippen LogP) is 3.62. The second kappa shape index (κ2) is 10.2. The van der Waals surface area contributed by atoms with Crippen LogP contribution in [0.4, 0.5) is 18.0 Å². The Balaban J connectivity index is 1.69. The van der Waals surface area contributed by atoms with Gasteiger partial charge < -0.3 is 15.5 Å². The molecule has 0 radical (unpaired) electrons. The van der Waals surface area contributed by atoms with Gasteiger partial charge in [-0.15, -0.1) is 0 Å². The van der Waals surface area contributed by atoms with Gasteiger partial charge in [0.2, 0.25) is 5.91 Å². The van der Waals surface area contributed by atoms with E-state index in [-0.39, 0.29) is 36.7 Å². The summed E-state index contributed by atoms with van der Waals surface area (Å²) >= 11 is 0. The summed E-state index contributed by atoms with van der Waals surface area (Å²) in [5, 5.41) is 5.39. The van der Waals surface area contributed by atoms with E-state index in [0.29, 0.717) is 11.4 Å². The standard InChI is InChI=1S/C26H28F3N5O3/c1-4-33-19-14-34(22(15(2)3)23(35)31-13-16-9-7-8-12-30-16)24(36)20(19)21(32-25(33)37)17-10-5-6-11-18(17)26(27,28)29/h5-12,15,21-22H,4,13-14H2,1-3H3,(H,31,35)(H,32,37)/t21-,22+/m0/s1. The van der Waals surface area contributed by atoms with Gasteiger partial charge in [0, 0.05) is 12.7 Å². The van der Waals surface area contributed by atoms with Crippen LogP contribution in [0.1, 0.15) is 43.6 Å². The van der Waals surface area contributed by atoms with E-state index in [4.69, 9.17) is 0 Å². The van der Waals surface area contributed by atoms with Crippen LogP contribution in [0.15, 0.2) is 59.9 Å². The zero-order valence-corrected chi connectivity index (χ0v) is 20.7. The maximum absolute atomic E-state index is 13.8. The Bertz CT molecular complexity index is 1230. The molecule has 0 aliphatic carbocycles. The summed E-state index contributed by atoms with van der Waals surface area (Å²) in [6.45, 7) is 5.57. The maximum Gasteiger partial charge on any atom is 0.416 e. The summed E-state index contributed by atoms with van der Waals surface area (Å²) in [4.78, 5) is 46.8. The van der Waals surface area contributed by atoms with Gasteiger partial charge in [-0.25, -0.2) is 4.79 Å². The van der Waals surface area contributed by atoms with Crippen LogP contribution in [0, 0.1) is 5.92 Å². The van der Waals surface area contributed by atoms with Crippen molar-refractivity contribution < 1.29 is 27.6 Å². The molecule has 2 aliphatic heterocycles.